The zero-order valence-corrected chi connectivity index (χ0v) is 20.4. The molecular formula is C24H30N2O8. The zero-order valence-electron chi connectivity index (χ0n) is 20.4. The third kappa shape index (κ3) is 2.56. The van der Waals surface area contributed by atoms with Gasteiger partial charge in [-0.2, -0.15) is 0 Å². The number of nitrogens with zero attached hydrogens (tertiary/aromatic N) is 2. The summed E-state index contributed by atoms with van der Waals surface area (Å²) in [5.41, 5.74) is -5.59. The van der Waals surface area contributed by atoms with E-state index in [4.69, 9.17) is 9.47 Å². The fraction of sp³-hybridized carbons (Fsp3) is 0.583. The highest BCUT2D eigenvalue weighted by Crippen LogP contribution is 2.84. The van der Waals surface area contributed by atoms with Gasteiger partial charge in [0.25, 0.3) is 0 Å². The van der Waals surface area contributed by atoms with E-state index in [2.05, 4.69) is 13.2 Å². The predicted molar refractivity (Wildman–Crippen MR) is 117 cm³/mol. The second kappa shape index (κ2) is 7.61. The first-order valence-electron chi connectivity index (χ1n) is 10.9. The molecule has 1 aliphatic carbocycles. The van der Waals surface area contributed by atoms with Crippen molar-refractivity contribution < 1.29 is 38.2 Å². The Hall–Kier alpha value is -3.30. The maximum atomic E-state index is 13.5. The van der Waals surface area contributed by atoms with E-state index in [1.165, 1.54) is 41.5 Å². The van der Waals surface area contributed by atoms with Gasteiger partial charge in [-0.3, -0.25) is 29.0 Å². The van der Waals surface area contributed by atoms with E-state index in [9.17, 15) is 28.8 Å². The van der Waals surface area contributed by atoms with Crippen molar-refractivity contribution in [1.82, 2.24) is 9.80 Å². The maximum absolute atomic E-state index is 13.5. The second-order valence-electron chi connectivity index (χ2n) is 9.86. The molecule has 10 nitrogen and oxygen atoms in total. The number of hydrogen-bond donors (Lipinski definition) is 0. The van der Waals surface area contributed by atoms with Crippen molar-refractivity contribution in [2.45, 2.75) is 41.5 Å². The molecule has 34 heavy (non-hydrogen) atoms. The summed E-state index contributed by atoms with van der Waals surface area (Å²) < 4.78 is 10.1. The molecule has 3 fully saturated rings. The number of fused-ring (bicyclic) bond motifs is 4. The molecule has 0 spiro atoms. The molecule has 0 radical (unpaired) electrons. The van der Waals surface area contributed by atoms with E-state index >= 15 is 0 Å². The molecule has 2 aliphatic heterocycles. The van der Waals surface area contributed by atoms with Crippen LogP contribution in [-0.4, -0.2) is 71.7 Å². The van der Waals surface area contributed by atoms with Crippen LogP contribution in [0.4, 0.5) is 0 Å². The van der Waals surface area contributed by atoms with Gasteiger partial charge in [-0.05, 0) is 41.5 Å². The molecule has 0 aromatic rings. The van der Waals surface area contributed by atoms with E-state index in [1.54, 1.807) is 0 Å². The van der Waals surface area contributed by atoms with Gasteiger partial charge < -0.3 is 9.47 Å². The molecule has 184 valence electrons. The molecular weight excluding hydrogens is 444 g/mol. The Balaban J connectivity index is 1.88. The van der Waals surface area contributed by atoms with Crippen molar-refractivity contribution in [1.29, 1.82) is 0 Å². The Morgan fingerprint density at radius 2 is 0.882 bits per heavy atom. The fourth-order valence-electron chi connectivity index (χ4n) is 6.02. The van der Waals surface area contributed by atoms with Crippen LogP contribution in [0.15, 0.2) is 24.3 Å². The Morgan fingerprint density at radius 3 is 1.09 bits per heavy atom. The highest BCUT2D eigenvalue weighted by molar-refractivity contribution is 6.24. The predicted octanol–water partition coefficient (Wildman–Crippen LogP) is 1.00. The lowest BCUT2D eigenvalue weighted by molar-refractivity contribution is -0.243. The van der Waals surface area contributed by atoms with E-state index in [0.29, 0.717) is 0 Å². The fourth-order valence-corrected chi connectivity index (χ4v) is 6.02. The molecule has 3 aliphatic rings. The summed E-state index contributed by atoms with van der Waals surface area (Å²) in [5.74, 6) is -3.68. The van der Waals surface area contributed by atoms with Gasteiger partial charge in [-0.15, -0.1) is 0 Å². The number of likely N-dealkylation sites (tertiary alicyclic amines) is 2. The zero-order chi connectivity index (χ0) is 26.0. The van der Waals surface area contributed by atoms with Gasteiger partial charge >= 0.3 is 11.9 Å². The SMILES string of the molecule is C=C(C)C(=O)OCCN1C(=O)C2(C)C(C)(C1=O)C1(C)C(=O)N(CCOC(=O)C(=C)C)C(=O)C21C. The lowest BCUT2D eigenvalue weighted by Gasteiger charge is -2.67. The third-order valence-corrected chi connectivity index (χ3v) is 8.48. The normalized spacial score (nSPS) is 33.9. The first kappa shape index (κ1) is 25.3. The van der Waals surface area contributed by atoms with Crippen LogP contribution in [0, 0.1) is 21.7 Å². The largest absolute Gasteiger partial charge is 0.460 e. The molecule has 0 atom stereocenters. The summed E-state index contributed by atoms with van der Waals surface area (Å²) in [7, 11) is 0. The number of imide groups is 2. The Morgan fingerprint density at radius 1 is 0.647 bits per heavy atom. The topological polar surface area (TPSA) is 127 Å². The van der Waals surface area contributed by atoms with Crippen molar-refractivity contribution in [3.8, 4) is 0 Å². The summed E-state index contributed by atoms with van der Waals surface area (Å²) in [5, 5.41) is 0. The van der Waals surface area contributed by atoms with Gasteiger partial charge in [0.05, 0.1) is 34.7 Å². The van der Waals surface area contributed by atoms with Gasteiger partial charge in [0.1, 0.15) is 13.2 Å². The van der Waals surface area contributed by atoms with E-state index in [-0.39, 0.29) is 37.4 Å². The lowest BCUT2D eigenvalue weighted by atomic mass is 9.27. The minimum Gasteiger partial charge on any atom is -0.460 e. The van der Waals surface area contributed by atoms with Crippen LogP contribution < -0.4 is 0 Å². The average molecular weight is 475 g/mol. The molecule has 2 heterocycles. The Labute approximate surface area is 197 Å². The number of ether oxygens (including phenoxy) is 2. The van der Waals surface area contributed by atoms with Crippen molar-refractivity contribution in [2.24, 2.45) is 21.7 Å². The molecule has 0 aromatic heterocycles. The molecule has 10 heteroatoms. The van der Waals surface area contributed by atoms with Crippen molar-refractivity contribution in [2.75, 3.05) is 26.3 Å². The number of carbonyl (C=O) groups excluding carboxylic acids is 6. The van der Waals surface area contributed by atoms with Gasteiger partial charge in [0.15, 0.2) is 0 Å². The average Bonchev–Trinajstić information content (AvgIpc) is 3.01. The van der Waals surface area contributed by atoms with Crippen LogP contribution in [-0.2, 0) is 38.2 Å². The first-order valence-corrected chi connectivity index (χ1v) is 10.9. The number of rotatable bonds is 8. The summed E-state index contributed by atoms with van der Waals surface area (Å²) in [6.07, 6.45) is 0. The molecule has 1 saturated carbocycles. The van der Waals surface area contributed by atoms with Crippen LogP contribution in [0.5, 0.6) is 0 Å². The first-order chi connectivity index (χ1) is 15.6. The third-order valence-electron chi connectivity index (χ3n) is 8.48. The number of carbonyl (C=O) groups is 6. The summed E-state index contributed by atoms with van der Waals surface area (Å²) >= 11 is 0. The van der Waals surface area contributed by atoms with Gasteiger partial charge in [-0.1, -0.05) is 13.2 Å². The highest BCUT2D eigenvalue weighted by atomic mass is 16.5. The van der Waals surface area contributed by atoms with Crippen LogP contribution in [0.1, 0.15) is 41.5 Å². The molecule has 0 bridgehead atoms. The highest BCUT2D eigenvalue weighted by Gasteiger charge is 2.96. The molecule has 0 unspecified atom stereocenters. The molecule has 0 aromatic carbocycles. The minimum absolute atomic E-state index is 0.179. The number of hydrogen-bond acceptors (Lipinski definition) is 8. The monoisotopic (exact) mass is 474 g/mol. The van der Waals surface area contributed by atoms with Gasteiger partial charge in [0, 0.05) is 11.1 Å². The van der Waals surface area contributed by atoms with Gasteiger partial charge in [-0.25, -0.2) is 9.59 Å². The minimum atomic E-state index is -1.49. The Kier molecular flexibility index (Phi) is 5.67. The smallest absolute Gasteiger partial charge is 0.333 e. The summed E-state index contributed by atoms with van der Waals surface area (Å²) in [6.45, 7) is 15.2. The van der Waals surface area contributed by atoms with E-state index in [1.807, 2.05) is 0 Å². The number of amides is 4. The van der Waals surface area contributed by atoms with Crippen LogP contribution in [0.3, 0.4) is 0 Å². The lowest BCUT2D eigenvalue weighted by Crippen LogP contribution is -2.77. The van der Waals surface area contributed by atoms with Crippen LogP contribution in [0.25, 0.3) is 0 Å². The van der Waals surface area contributed by atoms with Crippen molar-refractivity contribution >= 4 is 35.6 Å². The molecule has 0 N–H and O–H groups in total. The van der Waals surface area contributed by atoms with Crippen LogP contribution in [0.2, 0.25) is 0 Å². The van der Waals surface area contributed by atoms with Crippen molar-refractivity contribution in [3.05, 3.63) is 24.3 Å². The second-order valence-corrected chi connectivity index (χ2v) is 9.86. The molecule has 3 rings (SSSR count). The van der Waals surface area contributed by atoms with Crippen molar-refractivity contribution in [3.63, 3.8) is 0 Å². The quantitative estimate of drug-likeness (QED) is 0.290. The standard InChI is InChI=1S/C24H30N2O8/c1-13(2)15(27)33-11-9-25-17(29)21(5)22(6,18(25)30)24(8)20(32)26(19(31)23(21,24)7)10-12-34-16(28)14(3)4/h1,3,9-12H2,2,4-8H3. The summed E-state index contributed by atoms with van der Waals surface area (Å²) in [6, 6.07) is 0. The number of esters is 2. The molecule has 4 amide bonds. The van der Waals surface area contributed by atoms with Gasteiger partial charge in [0.2, 0.25) is 23.6 Å². The van der Waals surface area contributed by atoms with Crippen LogP contribution >= 0.6 is 0 Å². The van der Waals surface area contributed by atoms with E-state index < -0.39 is 57.2 Å². The Bertz CT molecular complexity index is 927. The summed E-state index contributed by atoms with van der Waals surface area (Å²) in [4.78, 5) is 79.4. The maximum Gasteiger partial charge on any atom is 0.333 e. The van der Waals surface area contributed by atoms with E-state index in [0.717, 1.165) is 9.80 Å². The molecule has 2 saturated heterocycles.